The molecule has 1 saturated heterocycles. The predicted molar refractivity (Wildman–Crippen MR) is 139 cm³/mol. The van der Waals surface area contributed by atoms with Gasteiger partial charge in [0.1, 0.15) is 10.0 Å². The van der Waals surface area contributed by atoms with E-state index in [2.05, 4.69) is 19.6 Å². The lowest BCUT2D eigenvalue weighted by molar-refractivity contribution is 0.0628. The Labute approximate surface area is 214 Å². The Morgan fingerprint density at radius 1 is 0.917 bits per heavy atom. The van der Waals surface area contributed by atoms with Gasteiger partial charge < -0.3 is 4.90 Å². The Morgan fingerprint density at radius 3 is 2.39 bits per heavy atom. The number of hydrogen-bond donors (Lipinski definition) is 1. The number of aromatic nitrogens is 2. The Kier molecular flexibility index (Phi) is 6.86. The van der Waals surface area contributed by atoms with Gasteiger partial charge in [-0.25, -0.2) is 13.4 Å². The van der Waals surface area contributed by atoms with Crippen molar-refractivity contribution in [2.24, 2.45) is 0 Å². The molecule has 0 atom stereocenters. The van der Waals surface area contributed by atoms with Gasteiger partial charge in [-0.2, -0.15) is 0 Å². The minimum absolute atomic E-state index is 0.0736. The zero-order valence-corrected chi connectivity index (χ0v) is 20.9. The molecule has 0 bridgehead atoms. The first-order valence-electron chi connectivity index (χ1n) is 11.5. The van der Waals surface area contributed by atoms with Crippen LogP contribution in [0.25, 0.3) is 10.9 Å². The van der Waals surface area contributed by atoms with Crippen LogP contribution in [0.4, 0.5) is 5.69 Å². The summed E-state index contributed by atoms with van der Waals surface area (Å²) in [7, 11) is -3.85. The number of rotatable bonds is 6. The zero-order valence-electron chi connectivity index (χ0n) is 19.3. The molecule has 2 aromatic carbocycles. The van der Waals surface area contributed by atoms with Gasteiger partial charge in [-0.1, -0.05) is 35.9 Å². The van der Waals surface area contributed by atoms with Crippen molar-refractivity contribution in [3.63, 3.8) is 0 Å². The van der Waals surface area contributed by atoms with E-state index in [1.165, 1.54) is 6.07 Å². The fourth-order valence-corrected chi connectivity index (χ4v) is 5.58. The number of nitrogens with one attached hydrogen (secondary N) is 1. The average molecular weight is 522 g/mol. The van der Waals surface area contributed by atoms with E-state index in [0.717, 1.165) is 30.6 Å². The van der Waals surface area contributed by atoms with Gasteiger partial charge in [-0.05, 0) is 48.0 Å². The number of anilines is 1. The van der Waals surface area contributed by atoms with Gasteiger partial charge in [-0.15, -0.1) is 0 Å². The smallest absolute Gasteiger partial charge is 0.264 e. The van der Waals surface area contributed by atoms with Crippen molar-refractivity contribution in [2.45, 2.75) is 11.4 Å². The number of halogens is 1. The second-order valence-corrected chi connectivity index (χ2v) is 10.6. The number of piperazine rings is 1. The van der Waals surface area contributed by atoms with Crippen LogP contribution < -0.4 is 4.72 Å². The third-order valence-electron chi connectivity index (χ3n) is 6.12. The molecular formula is C26H24ClN5O3S. The molecule has 0 radical (unpaired) electrons. The number of hydrogen-bond acceptors (Lipinski definition) is 6. The van der Waals surface area contributed by atoms with E-state index in [1.54, 1.807) is 54.9 Å². The van der Waals surface area contributed by atoms with Gasteiger partial charge in [0.15, 0.2) is 0 Å². The summed E-state index contributed by atoms with van der Waals surface area (Å²) in [4.78, 5) is 25.5. The third kappa shape index (κ3) is 5.33. The van der Waals surface area contributed by atoms with Crippen LogP contribution in [0.2, 0.25) is 5.15 Å². The molecule has 184 valence electrons. The van der Waals surface area contributed by atoms with Gasteiger partial charge in [0.2, 0.25) is 0 Å². The van der Waals surface area contributed by atoms with Crippen LogP contribution in [-0.2, 0) is 16.6 Å². The normalized spacial score (nSPS) is 14.6. The van der Waals surface area contributed by atoms with Crippen molar-refractivity contribution < 1.29 is 13.2 Å². The van der Waals surface area contributed by atoms with Gasteiger partial charge >= 0.3 is 0 Å². The lowest BCUT2D eigenvalue weighted by Crippen LogP contribution is -2.48. The van der Waals surface area contributed by atoms with Gasteiger partial charge in [0.25, 0.3) is 15.9 Å². The van der Waals surface area contributed by atoms with E-state index in [1.807, 2.05) is 23.1 Å². The molecule has 0 saturated carbocycles. The molecule has 1 aliphatic heterocycles. The van der Waals surface area contributed by atoms with Gasteiger partial charge in [0, 0.05) is 61.8 Å². The molecule has 4 aromatic rings. The maximum Gasteiger partial charge on any atom is 0.264 e. The third-order valence-corrected chi connectivity index (χ3v) is 7.76. The maximum atomic E-state index is 13.0. The lowest BCUT2D eigenvalue weighted by atomic mass is 10.1. The summed E-state index contributed by atoms with van der Waals surface area (Å²) >= 11 is 5.85. The number of sulfonamides is 1. The molecule has 1 amide bonds. The van der Waals surface area contributed by atoms with Crippen LogP contribution in [0, 0.1) is 0 Å². The van der Waals surface area contributed by atoms with Crippen molar-refractivity contribution in [3.8, 4) is 0 Å². The van der Waals surface area contributed by atoms with E-state index < -0.39 is 10.0 Å². The van der Waals surface area contributed by atoms with Crippen molar-refractivity contribution in [1.82, 2.24) is 19.8 Å². The molecule has 1 fully saturated rings. The minimum Gasteiger partial charge on any atom is -0.336 e. The van der Waals surface area contributed by atoms with E-state index in [0.29, 0.717) is 35.0 Å². The average Bonchev–Trinajstić information content (AvgIpc) is 2.90. The Hall–Kier alpha value is -3.53. The summed E-state index contributed by atoms with van der Waals surface area (Å²) in [5.41, 5.74) is 2.38. The zero-order chi connectivity index (χ0) is 25.1. The number of amides is 1. The van der Waals surface area contributed by atoms with Crippen molar-refractivity contribution in [3.05, 3.63) is 95.4 Å². The molecule has 1 N–H and O–H groups in total. The van der Waals surface area contributed by atoms with E-state index in [9.17, 15) is 13.2 Å². The molecule has 5 rings (SSSR count). The molecule has 0 unspecified atom stereocenters. The fourth-order valence-electron chi connectivity index (χ4n) is 4.23. The van der Waals surface area contributed by atoms with Crippen LogP contribution in [0.1, 0.15) is 15.9 Å². The summed E-state index contributed by atoms with van der Waals surface area (Å²) < 4.78 is 28.6. The molecule has 1 aliphatic rings. The standard InChI is InChI=1S/C26H24ClN5O3S/c27-24-11-6-19(17-29-24)18-31-13-15-32(16-14-31)26(33)21-7-9-22(10-8-21)30-36(34,35)23-5-1-3-20-4-2-12-28-25(20)23/h1-12,17,30H,13-16,18H2. The highest BCUT2D eigenvalue weighted by molar-refractivity contribution is 7.93. The predicted octanol–water partition coefficient (Wildman–Crippen LogP) is 4.04. The van der Waals surface area contributed by atoms with Crippen molar-refractivity contribution >= 4 is 44.1 Å². The summed E-state index contributed by atoms with van der Waals surface area (Å²) in [6.07, 6.45) is 3.34. The van der Waals surface area contributed by atoms with Crippen molar-refractivity contribution in [1.29, 1.82) is 0 Å². The molecule has 3 heterocycles. The van der Waals surface area contributed by atoms with Crippen molar-refractivity contribution in [2.75, 3.05) is 30.9 Å². The second-order valence-electron chi connectivity index (χ2n) is 8.57. The molecule has 8 nitrogen and oxygen atoms in total. The quantitative estimate of drug-likeness (QED) is 0.385. The Morgan fingerprint density at radius 2 is 1.67 bits per heavy atom. The van der Waals surface area contributed by atoms with Gasteiger partial charge in [0.05, 0.1) is 5.52 Å². The SMILES string of the molecule is O=C(c1ccc(NS(=O)(=O)c2cccc3cccnc23)cc1)N1CCN(Cc2ccc(Cl)nc2)CC1. The van der Waals surface area contributed by atoms with Crippen LogP contribution in [0.3, 0.4) is 0 Å². The molecule has 0 spiro atoms. The summed E-state index contributed by atoms with van der Waals surface area (Å²) in [6, 6.07) is 18.8. The topological polar surface area (TPSA) is 95.5 Å². The number of benzene rings is 2. The van der Waals surface area contributed by atoms with Crippen LogP contribution in [0.5, 0.6) is 0 Å². The summed E-state index contributed by atoms with van der Waals surface area (Å²) in [6.45, 7) is 3.49. The number of para-hydroxylation sites is 1. The maximum absolute atomic E-state index is 13.0. The first-order valence-corrected chi connectivity index (χ1v) is 13.3. The first kappa shape index (κ1) is 24.2. The lowest BCUT2D eigenvalue weighted by Gasteiger charge is -2.34. The number of carbonyl (C=O) groups is 1. The number of fused-ring (bicyclic) bond motifs is 1. The van der Waals surface area contributed by atoms with E-state index >= 15 is 0 Å². The van der Waals surface area contributed by atoms with Gasteiger partial charge in [-0.3, -0.25) is 19.4 Å². The van der Waals surface area contributed by atoms with Crippen LogP contribution in [0.15, 0.2) is 84.0 Å². The minimum atomic E-state index is -3.85. The summed E-state index contributed by atoms with van der Waals surface area (Å²) in [5.74, 6) is -0.0736. The second kappa shape index (κ2) is 10.2. The highest BCUT2D eigenvalue weighted by Gasteiger charge is 2.23. The highest BCUT2D eigenvalue weighted by Crippen LogP contribution is 2.24. The molecule has 0 aliphatic carbocycles. The van der Waals surface area contributed by atoms with Crippen LogP contribution in [-0.4, -0.2) is 60.3 Å². The van der Waals surface area contributed by atoms with E-state index in [-0.39, 0.29) is 10.8 Å². The summed E-state index contributed by atoms with van der Waals surface area (Å²) in [5, 5.41) is 1.21. The molecule has 10 heteroatoms. The molecular weight excluding hydrogens is 498 g/mol. The first-order chi connectivity index (χ1) is 17.4. The Balaban J connectivity index is 1.21. The van der Waals surface area contributed by atoms with E-state index in [4.69, 9.17) is 11.6 Å². The fraction of sp³-hybridized carbons (Fsp3) is 0.192. The monoisotopic (exact) mass is 521 g/mol. The molecule has 2 aromatic heterocycles. The molecule has 36 heavy (non-hydrogen) atoms. The number of pyridine rings is 2. The Bertz CT molecular complexity index is 1480. The number of nitrogens with zero attached hydrogens (tertiary/aromatic N) is 4. The largest absolute Gasteiger partial charge is 0.336 e. The highest BCUT2D eigenvalue weighted by atomic mass is 35.5. The number of carbonyl (C=O) groups excluding carboxylic acids is 1. The van der Waals surface area contributed by atoms with Crippen LogP contribution >= 0.6 is 11.6 Å².